The Hall–Kier alpha value is -0.830. The molecule has 12 heavy (non-hydrogen) atoms. The molecule has 3 nitrogen and oxygen atoms in total. The molecule has 1 amide bonds. The maximum atomic E-state index is 11.3. The second-order valence-electron chi connectivity index (χ2n) is 3.07. The molecule has 0 aromatic carbocycles. The van der Waals surface area contributed by atoms with Crippen molar-refractivity contribution in [2.75, 3.05) is 26.8 Å². The molecule has 1 aliphatic heterocycles. The summed E-state index contributed by atoms with van der Waals surface area (Å²) in [7, 11) is 1.54. The van der Waals surface area contributed by atoms with E-state index in [0.29, 0.717) is 0 Å². The van der Waals surface area contributed by atoms with Crippen molar-refractivity contribution < 1.29 is 9.53 Å². The Labute approximate surface area is 73.0 Å². The van der Waals surface area contributed by atoms with Crippen LogP contribution in [0.2, 0.25) is 0 Å². The van der Waals surface area contributed by atoms with E-state index < -0.39 is 0 Å². The molecular weight excluding hydrogens is 154 g/mol. The van der Waals surface area contributed by atoms with Crippen LogP contribution in [0.1, 0.15) is 13.3 Å². The third kappa shape index (κ3) is 2.34. The highest BCUT2D eigenvalue weighted by Crippen LogP contribution is 2.09. The largest absolute Gasteiger partial charge is 0.375 e. The van der Waals surface area contributed by atoms with Crippen LogP contribution in [0.5, 0.6) is 0 Å². The lowest BCUT2D eigenvalue weighted by atomic mass is 10.1. The first-order chi connectivity index (χ1) is 5.74. The summed E-state index contributed by atoms with van der Waals surface area (Å²) in [4.78, 5) is 13.1. The van der Waals surface area contributed by atoms with Crippen LogP contribution in [0.15, 0.2) is 11.6 Å². The predicted octanol–water partition coefficient (Wildman–Crippen LogP) is 0.811. The van der Waals surface area contributed by atoms with Crippen LogP contribution in [0, 0.1) is 0 Å². The van der Waals surface area contributed by atoms with Crippen LogP contribution in [0.25, 0.3) is 0 Å². The van der Waals surface area contributed by atoms with E-state index >= 15 is 0 Å². The minimum absolute atomic E-state index is 0.0845. The van der Waals surface area contributed by atoms with Gasteiger partial charge < -0.3 is 9.64 Å². The van der Waals surface area contributed by atoms with Gasteiger partial charge in [0.15, 0.2) is 0 Å². The number of methoxy groups -OCH3 is 1. The Morgan fingerprint density at radius 1 is 1.75 bits per heavy atom. The summed E-state index contributed by atoms with van der Waals surface area (Å²) >= 11 is 0. The number of nitrogens with zero attached hydrogens (tertiary/aromatic N) is 1. The van der Waals surface area contributed by atoms with Gasteiger partial charge in [-0.1, -0.05) is 11.6 Å². The zero-order chi connectivity index (χ0) is 8.97. The van der Waals surface area contributed by atoms with E-state index in [-0.39, 0.29) is 12.5 Å². The van der Waals surface area contributed by atoms with Crippen molar-refractivity contribution in [3.8, 4) is 0 Å². The van der Waals surface area contributed by atoms with Gasteiger partial charge in [0, 0.05) is 20.2 Å². The first-order valence-electron chi connectivity index (χ1n) is 4.16. The zero-order valence-corrected chi connectivity index (χ0v) is 7.67. The average molecular weight is 169 g/mol. The fourth-order valence-corrected chi connectivity index (χ4v) is 1.21. The summed E-state index contributed by atoms with van der Waals surface area (Å²) in [6.07, 6.45) is 3.09. The van der Waals surface area contributed by atoms with Crippen molar-refractivity contribution in [2.45, 2.75) is 13.3 Å². The molecule has 0 aromatic heterocycles. The van der Waals surface area contributed by atoms with Gasteiger partial charge in [-0.15, -0.1) is 0 Å². The molecule has 0 saturated carbocycles. The monoisotopic (exact) mass is 169 g/mol. The van der Waals surface area contributed by atoms with Gasteiger partial charge in [0.25, 0.3) is 0 Å². The van der Waals surface area contributed by atoms with Gasteiger partial charge in [-0.3, -0.25) is 4.79 Å². The zero-order valence-electron chi connectivity index (χ0n) is 7.67. The first kappa shape index (κ1) is 9.26. The number of carbonyl (C=O) groups excluding carboxylic acids is 1. The standard InChI is InChI=1S/C9H15NO2/c1-8-3-5-10(6-4-8)9(11)7-12-2/h3H,4-7H2,1-2H3. The second-order valence-corrected chi connectivity index (χ2v) is 3.07. The fraction of sp³-hybridized carbons (Fsp3) is 0.667. The quantitative estimate of drug-likeness (QED) is 0.572. The van der Waals surface area contributed by atoms with Crippen LogP contribution < -0.4 is 0 Å². The third-order valence-corrected chi connectivity index (χ3v) is 2.06. The van der Waals surface area contributed by atoms with Gasteiger partial charge in [-0.25, -0.2) is 0 Å². The highest BCUT2D eigenvalue weighted by atomic mass is 16.5. The van der Waals surface area contributed by atoms with Gasteiger partial charge in [-0.05, 0) is 13.3 Å². The summed E-state index contributed by atoms with van der Waals surface area (Å²) in [6.45, 7) is 3.88. The van der Waals surface area contributed by atoms with E-state index in [2.05, 4.69) is 13.0 Å². The summed E-state index contributed by atoms with van der Waals surface area (Å²) in [5, 5.41) is 0. The Morgan fingerprint density at radius 3 is 3.00 bits per heavy atom. The molecule has 0 radical (unpaired) electrons. The predicted molar refractivity (Wildman–Crippen MR) is 46.8 cm³/mol. The molecule has 0 N–H and O–H groups in total. The van der Waals surface area contributed by atoms with Crippen LogP contribution in [0.3, 0.4) is 0 Å². The van der Waals surface area contributed by atoms with Gasteiger partial charge in [0.2, 0.25) is 5.91 Å². The van der Waals surface area contributed by atoms with Crippen molar-refractivity contribution >= 4 is 5.91 Å². The van der Waals surface area contributed by atoms with Crippen molar-refractivity contribution in [2.24, 2.45) is 0 Å². The number of rotatable bonds is 2. The summed E-state index contributed by atoms with van der Waals surface area (Å²) < 4.78 is 4.77. The van der Waals surface area contributed by atoms with E-state index in [1.807, 2.05) is 4.90 Å². The topological polar surface area (TPSA) is 29.5 Å². The van der Waals surface area contributed by atoms with E-state index in [4.69, 9.17) is 4.74 Å². The maximum absolute atomic E-state index is 11.3. The molecule has 0 atom stereocenters. The molecule has 68 valence electrons. The molecule has 0 unspecified atom stereocenters. The summed E-state index contributed by atoms with van der Waals surface area (Å²) in [5.74, 6) is 0.0845. The van der Waals surface area contributed by atoms with Crippen LogP contribution >= 0.6 is 0 Å². The molecule has 1 heterocycles. The molecule has 0 saturated heterocycles. The van der Waals surface area contributed by atoms with E-state index in [1.54, 1.807) is 7.11 Å². The van der Waals surface area contributed by atoms with Crippen LogP contribution in [-0.4, -0.2) is 37.6 Å². The molecular formula is C9H15NO2. The van der Waals surface area contributed by atoms with E-state index in [1.165, 1.54) is 5.57 Å². The number of carbonyl (C=O) groups is 1. The smallest absolute Gasteiger partial charge is 0.248 e. The van der Waals surface area contributed by atoms with Gasteiger partial charge >= 0.3 is 0 Å². The molecule has 1 aliphatic rings. The van der Waals surface area contributed by atoms with E-state index in [9.17, 15) is 4.79 Å². The van der Waals surface area contributed by atoms with Crippen LogP contribution in [0.4, 0.5) is 0 Å². The minimum atomic E-state index is 0.0845. The molecule has 1 rings (SSSR count). The highest BCUT2D eigenvalue weighted by Gasteiger charge is 2.14. The Balaban J connectivity index is 2.40. The molecule has 0 bridgehead atoms. The number of hydrogen-bond acceptors (Lipinski definition) is 2. The van der Waals surface area contributed by atoms with Crippen molar-refractivity contribution in [1.82, 2.24) is 4.90 Å². The SMILES string of the molecule is COCC(=O)N1CC=C(C)CC1. The first-order valence-corrected chi connectivity index (χ1v) is 4.16. The fourth-order valence-electron chi connectivity index (χ4n) is 1.21. The lowest BCUT2D eigenvalue weighted by Crippen LogP contribution is -2.36. The minimum Gasteiger partial charge on any atom is -0.375 e. The van der Waals surface area contributed by atoms with Crippen LogP contribution in [-0.2, 0) is 9.53 Å². The molecule has 0 spiro atoms. The Bertz CT molecular complexity index is 199. The lowest BCUT2D eigenvalue weighted by Gasteiger charge is -2.25. The maximum Gasteiger partial charge on any atom is 0.248 e. The highest BCUT2D eigenvalue weighted by molar-refractivity contribution is 5.77. The van der Waals surface area contributed by atoms with Crippen molar-refractivity contribution in [3.05, 3.63) is 11.6 Å². The second kappa shape index (κ2) is 4.26. The Kier molecular flexibility index (Phi) is 3.29. The number of amides is 1. The average Bonchev–Trinajstić information content (AvgIpc) is 2.06. The lowest BCUT2D eigenvalue weighted by molar-refractivity contribution is -0.134. The van der Waals surface area contributed by atoms with Gasteiger partial charge in [-0.2, -0.15) is 0 Å². The molecule has 0 fully saturated rings. The normalized spacial score (nSPS) is 17.5. The molecule has 0 aromatic rings. The third-order valence-electron chi connectivity index (χ3n) is 2.06. The Morgan fingerprint density at radius 2 is 2.50 bits per heavy atom. The molecule has 3 heteroatoms. The van der Waals surface area contributed by atoms with E-state index in [0.717, 1.165) is 19.5 Å². The molecule has 0 aliphatic carbocycles. The summed E-state index contributed by atoms with van der Waals surface area (Å²) in [6, 6.07) is 0. The summed E-state index contributed by atoms with van der Waals surface area (Å²) in [5.41, 5.74) is 1.37. The van der Waals surface area contributed by atoms with Gasteiger partial charge in [0.05, 0.1) is 0 Å². The number of ether oxygens (including phenoxy) is 1. The van der Waals surface area contributed by atoms with Crippen molar-refractivity contribution in [1.29, 1.82) is 0 Å². The van der Waals surface area contributed by atoms with Gasteiger partial charge in [0.1, 0.15) is 6.61 Å². The number of hydrogen-bond donors (Lipinski definition) is 0. The van der Waals surface area contributed by atoms with Crippen molar-refractivity contribution in [3.63, 3.8) is 0 Å².